The summed E-state index contributed by atoms with van der Waals surface area (Å²) < 4.78 is 0. The SMILES string of the molecule is Cc1ccccc1C[C@H](CNC(=O)C1CC=CC1)C(=O)O. The first-order valence-corrected chi connectivity index (χ1v) is 7.28. The quantitative estimate of drug-likeness (QED) is 0.789. The number of carbonyl (C=O) groups excluding carboxylic acids is 1. The number of allylic oxidation sites excluding steroid dienone is 2. The van der Waals surface area contributed by atoms with E-state index in [4.69, 9.17) is 0 Å². The molecule has 2 N–H and O–H groups in total. The third kappa shape index (κ3) is 4.18. The molecule has 0 aliphatic heterocycles. The van der Waals surface area contributed by atoms with Crippen molar-refractivity contribution in [3.8, 4) is 0 Å². The zero-order chi connectivity index (χ0) is 15.2. The summed E-state index contributed by atoms with van der Waals surface area (Å²) in [7, 11) is 0. The number of rotatable bonds is 6. The Hall–Kier alpha value is -2.10. The summed E-state index contributed by atoms with van der Waals surface area (Å²) in [6.07, 6.45) is 5.92. The van der Waals surface area contributed by atoms with Crippen molar-refractivity contribution < 1.29 is 14.7 Å². The normalized spacial score (nSPS) is 15.9. The molecule has 1 aromatic rings. The van der Waals surface area contributed by atoms with Crippen molar-refractivity contribution in [2.75, 3.05) is 6.54 Å². The van der Waals surface area contributed by atoms with E-state index in [1.54, 1.807) is 0 Å². The molecule has 21 heavy (non-hydrogen) atoms. The molecule has 0 aromatic heterocycles. The zero-order valence-electron chi connectivity index (χ0n) is 12.2. The summed E-state index contributed by atoms with van der Waals surface area (Å²) in [5.74, 6) is -1.54. The van der Waals surface area contributed by atoms with E-state index in [9.17, 15) is 14.7 Å². The van der Waals surface area contributed by atoms with Gasteiger partial charge in [0, 0.05) is 12.5 Å². The highest BCUT2D eigenvalue weighted by atomic mass is 16.4. The Labute approximate surface area is 124 Å². The molecule has 0 saturated heterocycles. The Bertz CT molecular complexity index is 543. The van der Waals surface area contributed by atoms with Crippen LogP contribution in [0.5, 0.6) is 0 Å². The highest BCUT2D eigenvalue weighted by Gasteiger charge is 2.23. The van der Waals surface area contributed by atoms with Gasteiger partial charge in [0.05, 0.1) is 5.92 Å². The third-order valence-corrected chi connectivity index (χ3v) is 3.98. The van der Waals surface area contributed by atoms with Crippen molar-refractivity contribution in [1.29, 1.82) is 0 Å². The maximum Gasteiger partial charge on any atom is 0.308 e. The first kappa shape index (κ1) is 15.3. The van der Waals surface area contributed by atoms with Crippen LogP contribution in [0.25, 0.3) is 0 Å². The minimum Gasteiger partial charge on any atom is -0.481 e. The second-order valence-electron chi connectivity index (χ2n) is 5.55. The highest BCUT2D eigenvalue weighted by Crippen LogP contribution is 2.18. The number of aliphatic carboxylic acids is 1. The molecular weight excluding hydrogens is 266 g/mol. The molecule has 1 amide bonds. The molecule has 112 valence electrons. The average molecular weight is 287 g/mol. The number of nitrogens with one attached hydrogen (secondary N) is 1. The lowest BCUT2D eigenvalue weighted by Crippen LogP contribution is -2.37. The molecule has 0 radical (unpaired) electrons. The molecule has 0 unspecified atom stereocenters. The second-order valence-corrected chi connectivity index (χ2v) is 5.55. The Morgan fingerprint density at radius 3 is 2.57 bits per heavy atom. The molecule has 0 fully saturated rings. The number of carboxylic acids is 1. The lowest BCUT2D eigenvalue weighted by molar-refractivity contribution is -0.141. The number of aryl methyl sites for hydroxylation is 1. The summed E-state index contributed by atoms with van der Waals surface area (Å²) >= 11 is 0. The first-order valence-electron chi connectivity index (χ1n) is 7.28. The molecule has 2 rings (SSSR count). The topological polar surface area (TPSA) is 66.4 Å². The number of carboxylic acid groups (broad SMARTS) is 1. The van der Waals surface area contributed by atoms with Crippen LogP contribution in [-0.4, -0.2) is 23.5 Å². The van der Waals surface area contributed by atoms with Crippen LogP contribution in [0.4, 0.5) is 0 Å². The third-order valence-electron chi connectivity index (χ3n) is 3.98. The van der Waals surface area contributed by atoms with Crippen molar-refractivity contribution in [3.63, 3.8) is 0 Å². The average Bonchev–Trinajstić information content (AvgIpc) is 2.99. The van der Waals surface area contributed by atoms with Crippen molar-refractivity contribution in [2.45, 2.75) is 26.2 Å². The molecule has 1 aliphatic rings. The van der Waals surface area contributed by atoms with E-state index in [2.05, 4.69) is 5.32 Å². The van der Waals surface area contributed by atoms with Gasteiger partial charge in [-0.1, -0.05) is 36.4 Å². The Morgan fingerprint density at radius 1 is 1.29 bits per heavy atom. The van der Waals surface area contributed by atoms with Crippen molar-refractivity contribution >= 4 is 11.9 Å². The Kier molecular flexibility index (Phi) is 5.14. The fraction of sp³-hybridized carbons (Fsp3) is 0.412. The van der Waals surface area contributed by atoms with Crippen LogP contribution in [0.15, 0.2) is 36.4 Å². The molecule has 0 bridgehead atoms. The van der Waals surface area contributed by atoms with Gasteiger partial charge < -0.3 is 10.4 Å². The lowest BCUT2D eigenvalue weighted by Gasteiger charge is -2.16. The minimum absolute atomic E-state index is 0.0297. The van der Waals surface area contributed by atoms with E-state index >= 15 is 0 Å². The number of amides is 1. The van der Waals surface area contributed by atoms with Crippen molar-refractivity contribution in [2.24, 2.45) is 11.8 Å². The van der Waals surface area contributed by atoms with Gasteiger partial charge in [0.25, 0.3) is 0 Å². The van der Waals surface area contributed by atoms with Gasteiger partial charge in [-0.25, -0.2) is 0 Å². The predicted molar refractivity (Wildman–Crippen MR) is 80.9 cm³/mol. The maximum absolute atomic E-state index is 11.9. The molecule has 0 spiro atoms. The zero-order valence-corrected chi connectivity index (χ0v) is 12.2. The van der Waals surface area contributed by atoms with Gasteiger partial charge in [-0.05, 0) is 37.3 Å². The molecule has 4 nitrogen and oxygen atoms in total. The first-order chi connectivity index (χ1) is 10.1. The van der Waals surface area contributed by atoms with Crippen LogP contribution in [0.1, 0.15) is 24.0 Å². The van der Waals surface area contributed by atoms with E-state index in [0.29, 0.717) is 6.42 Å². The fourth-order valence-electron chi connectivity index (χ4n) is 2.55. The second kappa shape index (κ2) is 7.07. The van der Waals surface area contributed by atoms with Crippen LogP contribution in [-0.2, 0) is 16.0 Å². The number of hydrogen-bond donors (Lipinski definition) is 2. The summed E-state index contributed by atoms with van der Waals surface area (Å²) in [5, 5.41) is 12.1. The van der Waals surface area contributed by atoms with Crippen LogP contribution in [0.3, 0.4) is 0 Å². The number of benzene rings is 1. The predicted octanol–water partition coefficient (Wildman–Crippen LogP) is 2.32. The summed E-state index contributed by atoms with van der Waals surface area (Å²) in [4.78, 5) is 23.3. The largest absolute Gasteiger partial charge is 0.481 e. The molecule has 0 heterocycles. The molecule has 0 saturated carbocycles. The molecule has 1 aliphatic carbocycles. The monoisotopic (exact) mass is 287 g/mol. The van der Waals surface area contributed by atoms with E-state index in [-0.39, 0.29) is 18.4 Å². The van der Waals surface area contributed by atoms with Gasteiger partial charge >= 0.3 is 5.97 Å². The number of hydrogen-bond acceptors (Lipinski definition) is 2. The van der Waals surface area contributed by atoms with Gasteiger partial charge in [0.1, 0.15) is 0 Å². The Morgan fingerprint density at radius 2 is 1.95 bits per heavy atom. The van der Waals surface area contributed by atoms with Crippen LogP contribution in [0.2, 0.25) is 0 Å². The number of carbonyl (C=O) groups is 2. The minimum atomic E-state index is -0.872. The standard InChI is InChI=1S/C17H21NO3/c1-12-6-2-3-9-14(12)10-15(17(20)21)11-18-16(19)13-7-4-5-8-13/h2-6,9,13,15H,7-8,10-11H2,1H3,(H,18,19)(H,20,21)/t15-/m1/s1. The summed E-state index contributed by atoms with van der Waals surface area (Å²) in [6.45, 7) is 2.15. The smallest absolute Gasteiger partial charge is 0.308 e. The Balaban J connectivity index is 1.92. The maximum atomic E-state index is 11.9. The summed E-state index contributed by atoms with van der Waals surface area (Å²) in [5.41, 5.74) is 2.09. The fourth-order valence-corrected chi connectivity index (χ4v) is 2.55. The lowest BCUT2D eigenvalue weighted by atomic mass is 9.96. The molecule has 4 heteroatoms. The van der Waals surface area contributed by atoms with Crippen LogP contribution in [0, 0.1) is 18.8 Å². The molecular formula is C17H21NO3. The van der Waals surface area contributed by atoms with Gasteiger partial charge in [-0.2, -0.15) is 0 Å². The van der Waals surface area contributed by atoms with E-state index < -0.39 is 11.9 Å². The van der Waals surface area contributed by atoms with Crippen molar-refractivity contribution in [1.82, 2.24) is 5.32 Å². The van der Waals surface area contributed by atoms with E-state index in [0.717, 1.165) is 24.0 Å². The van der Waals surface area contributed by atoms with Gasteiger partial charge in [0.15, 0.2) is 0 Å². The summed E-state index contributed by atoms with van der Waals surface area (Å²) in [6, 6.07) is 7.75. The van der Waals surface area contributed by atoms with E-state index in [1.807, 2.05) is 43.3 Å². The molecule has 1 aromatic carbocycles. The van der Waals surface area contributed by atoms with Crippen LogP contribution >= 0.6 is 0 Å². The van der Waals surface area contributed by atoms with Crippen molar-refractivity contribution in [3.05, 3.63) is 47.5 Å². The van der Waals surface area contributed by atoms with Crippen LogP contribution < -0.4 is 5.32 Å². The van der Waals surface area contributed by atoms with Gasteiger partial charge in [0.2, 0.25) is 5.91 Å². The van der Waals surface area contributed by atoms with Gasteiger partial charge in [-0.3, -0.25) is 9.59 Å². The van der Waals surface area contributed by atoms with Gasteiger partial charge in [-0.15, -0.1) is 0 Å². The molecule has 1 atom stereocenters. The van der Waals surface area contributed by atoms with E-state index in [1.165, 1.54) is 0 Å². The highest BCUT2D eigenvalue weighted by molar-refractivity contribution is 5.80.